The molecule has 0 aliphatic heterocycles. The first kappa shape index (κ1) is 17.9. The summed E-state index contributed by atoms with van der Waals surface area (Å²) in [5, 5.41) is 5.90. The van der Waals surface area contributed by atoms with E-state index < -0.39 is 0 Å². The second-order valence-corrected chi connectivity index (χ2v) is 6.66. The summed E-state index contributed by atoms with van der Waals surface area (Å²) in [6, 6.07) is 17.8. The molecule has 1 heterocycles. The summed E-state index contributed by atoms with van der Waals surface area (Å²) in [7, 11) is 1.63. The highest BCUT2D eigenvalue weighted by Gasteiger charge is 2.04. The highest BCUT2D eigenvalue weighted by atomic mass is 32.1. The number of amides is 1. The van der Waals surface area contributed by atoms with Crippen molar-refractivity contribution in [1.29, 1.82) is 0 Å². The van der Waals surface area contributed by atoms with Gasteiger partial charge in [-0.1, -0.05) is 42.5 Å². The van der Waals surface area contributed by atoms with E-state index in [4.69, 9.17) is 4.74 Å². The van der Waals surface area contributed by atoms with Crippen LogP contribution in [-0.4, -0.2) is 18.0 Å². The summed E-state index contributed by atoms with van der Waals surface area (Å²) in [6.07, 6.45) is 4.12. The van der Waals surface area contributed by atoms with Gasteiger partial charge >= 0.3 is 0 Å². The number of nitrogens with one attached hydrogen (secondary N) is 1. The standard InChI is InChI=1S/C21H20N2O2S/c1-25-19-10-7-16(8-11-19)9-12-20(24)22-14-18-15-26-21(23-18)13-17-5-3-2-4-6-17/h2-12,15H,13-14H2,1H3,(H,22,24)/b12-9+. The van der Waals surface area contributed by atoms with Gasteiger partial charge in [-0.15, -0.1) is 11.3 Å². The van der Waals surface area contributed by atoms with E-state index in [1.165, 1.54) is 11.6 Å². The molecule has 3 rings (SSSR count). The van der Waals surface area contributed by atoms with Gasteiger partial charge in [0.1, 0.15) is 5.75 Å². The molecule has 3 aromatic rings. The van der Waals surface area contributed by atoms with Crippen LogP contribution < -0.4 is 10.1 Å². The third-order valence-electron chi connectivity index (χ3n) is 3.78. The van der Waals surface area contributed by atoms with Crippen LogP contribution in [0.25, 0.3) is 6.08 Å². The maximum atomic E-state index is 12.0. The molecule has 0 unspecified atom stereocenters. The summed E-state index contributed by atoms with van der Waals surface area (Å²) in [5.41, 5.74) is 3.06. The number of nitrogens with zero attached hydrogens (tertiary/aromatic N) is 1. The minimum absolute atomic E-state index is 0.140. The van der Waals surface area contributed by atoms with Crippen LogP contribution in [0.2, 0.25) is 0 Å². The zero-order chi connectivity index (χ0) is 18.2. The Hall–Kier alpha value is -2.92. The normalized spacial score (nSPS) is 10.8. The first-order valence-electron chi connectivity index (χ1n) is 8.30. The molecule has 0 bridgehead atoms. The average Bonchev–Trinajstić information content (AvgIpc) is 3.13. The first-order chi connectivity index (χ1) is 12.7. The van der Waals surface area contributed by atoms with Crippen molar-refractivity contribution in [2.24, 2.45) is 0 Å². The molecule has 4 nitrogen and oxygen atoms in total. The summed E-state index contributed by atoms with van der Waals surface area (Å²) in [5.74, 6) is 0.653. The lowest BCUT2D eigenvalue weighted by Gasteiger charge is -2.00. The lowest BCUT2D eigenvalue weighted by Crippen LogP contribution is -2.20. The van der Waals surface area contributed by atoms with Crippen LogP contribution >= 0.6 is 11.3 Å². The Bertz CT molecular complexity index is 871. The number of thiazole rings is 1. The number of hydrogen-bond acceptors (Lipinski definition) is 4. The zero-order valence-electron chi connectivity index (χ0n) is 14.5. The fourth-order valence-corrected chi connectivity index (χ4v) is 3.23. The molecule has 0 saturated carbocycles. The first-order valence-corrected chi connectivity index (χ1v) is 9.18. The van der Waals surface area contributed by atoms with Gasteiger partial charge in [-0.3, -0.25) is 4.79 Å². The van der Waals surface area contributed by atoms with Gasteiger partial charge in [0.15, 0.2) is 0 Å². The lowest BCUT2D eigenvalue weighted by molar-refractivity contribution is -0.116. The Morgan fingerprint density at radius 1 is 1.15 bits per heavy atom. The Morgan fingerprint density at radius 2 is 1.92 bits per heavy atom. The van der Waals surface area contributed by atoms with E-state index >= 15 is 0 Å². The van der Waals surface area contributed by atoms with Crippen molar-refractivity contribution in [2.45, 2.75) is 13.0 Å². The quantitative estimate of drug-likeness (QED) is 0.643. The Kier molecular flexibility index (Phi) is 6.17. The van der Waals surface area contributed by atoms with Gasteiger partial charge in [0.05, 0.1) is 24.4 Å². The molecule has 0 atom stereocenters. The van der Waals surface area contributed by atoms with E-state index in [0.29, 0.717) is 6.54 Å². The number of aromatic nitrogens is 1. The topological polar surface area (TPSA) is 51.2 Å². The minimum Gasteiger partial charge on any atom is -0.497 e. The fraction of sp³-hybridized carbons (Fsp3) is 0.143. The van der Waals surface area contributed by atoms with Crippen LogP contribution in [-0.2, 0) is 17.8 Å². The Labute approximate surface area is 157 Å². The van der Waals surface area contributed by atoms with Crippen molar-refractivity contribution in [3.05, 3.63) is 87.9 Å². The molecule has 5 heteroatoms. The van der Waals surface area contributed by atoms with Gasteiger partial charge in [-0.2, -0.15) is 0 Å². The zero-order valence-corrected chi connectivity index (χ0v) is 15.3. The molecule has 1 amide bonds. The predicted octanol–water partition coefficient (Wildman–Crippen LogP) is 4.07. The number of benzene rings is 2. The van der Waals surface area contributed by atoms with Crippen LogP contribution in [0.5, 0.6) is 5.75 Å². The van der Waals surface area contributed by atoms with E-state index in [-0.39, 0.29) is 5.91 Å². The largest absolute Gasteiger partial charge is 0.497 e. The van der Waals surface area contributed by atoms with Crippen molar-refractivity contribution in [1.82, 2.24) is 10.3 Å². The predicted molar refractivity (Wildman–Crippen MR) is 105 cm³/mol. The van der Waals surface area contributed by atoms with Gasteiger partial charge in [0.2, 0.25) is 5.91 Å². The second-order valence-electron chi connectivity index (χ2n) is 5.72. The molecular weight excluding hydrogens is 344 g/mol. The molecule has 0 aliphatic rings. The van der Waals surface area contributed by atoms with Crippen LogP contribution in [0.4, 0.5) is 0 Å². The molecule has 1 aromatic heterocycles. The molecule has 132 valence electrons. The highest BCUT2D eigenvalue weighted by Crippen LogP contribution is 2.15. The minimum atomic E-state index is -0.140. The SMILES string of the molecule is COc1ccc(/C=C/C(=O)NCc2csc(Cc3ccccc3)n2)cc1. The van der Waals surface area contributed by atoms with Gasteiger partial charge < -0.3 is 10.1 Å². The second kappa shape index (κ2) is 8.97. The van der Waals surface area contributed by atoms with Gasteiger partial charge in [-0.25, -0.2) is 4.98 Å². The van der Waals surface area contributed by atoms with Crippen molar-refractivity contribution in [3.8, 4) is 5.75 Å². The van der Waals surface area contributed by atoms with Gasteiger partial charge in [-0.05, 0) is 29.3 Å². The molecule has 2 aromatic carbocycles. The molecule has 0 fully saturated rings. The van der Waals surface area contributed by atoms with E-state index in [0.717, 1.165) is 28.4 Å². The summed E-state index contributed by atoms with van der Waals surface area (Å²) < 4.78 is 5.11. The van der Waals surface area contributed by atoms with E-state index in [1.54, 1.807) is 24.5 Å². The van der Waals surface area contributed by atoms with Crippen molar-refractivity contribution >= 4 is 23.3 Å². The smallest absolute Gasteiger partial charge is 0.244 e. The summed E-state index contributed by atoms with van der Waals surface area (Å²) >= 11 is 1.62. The third kappa shape index (κ3) is 5.29. The van der Waals surface area contributed by atoms with Crippen LogP contribution in [0, 0.1) is 0 Å². The van der Waals surface area contributed by atoms with E-state index in [1.807, 2.05) is 47.8 Å². The van der Waals surface area contributed by atoms with Crippen LogP contribution in [0.1, 0.15) is 21.8 Å². The number of carbonyl (C=O) groups excluding carboxylic acids is 1. The van der Waals surface area contributed by atoms with Crippen molar-refractivity contribution in [3.63, 3.8) is 0 Å². The molecule has 1 N–H and O–H groups in total. The van der Waals surface area contributed by atoms with E-state index in [2.05, 4.69) is 22.4 Å². The summed E-state index contributed by atoms with van der Waals surface area (Å²) in [4.78, 5) is 16.5. The summed E-state index contributed by atoms with van der Waals surface area (Å²) in [6.45, 7) is 0.428. The average molecular weight is 364 g/mol. The van der Waals surface area contributed by atoms with Gasteiger partial charge in [0, 0.05) is 17.9 Å². The number of hydrogen-bond donors (Lipinski definition) is 1. The fourth-order valence-electron chi connectivity index (χ4n) is 2.41. The van der Waals surface area contributed by atoms with Crippen molar-refractivity contribution < 1.29 is 9.53 Å². The molecule has 0 spiro atoms. The Morgan fingerprint density at radius 3 is 2.65 bits per heavy atom. The van der Waals surface area contributed by atoms with E-state index in [9.17, 15) is 4.79 Å². The highest BCUT2D eigenvalue weighted by molar-refractivity contribution is 7.09. The molecule has 0 radical (unpaired) electrons. The molecule has 0 saturated heterocycles. The maximum absolute atomic E-state index is 12.0. The number of carbonyl (C=O) groups is 1. The lowest BCUT2D eigenvalue weighted by atomic mass is 10.2. The number of ether oxygens (including phenoxy) is 1. The maximum Gasteiger partial charge on any atom is 0.244 e. The van der Waals surface area contributed by atoms with Crippen LogP contribution in [0.3, 0.4) is 0 Å². The molecular formula is C21H20N2O2S. The Balaban J connectivity index is 1.49. The molecule has 26 heavy (non-hydrogen) atoms. The van der Waals surface area contributed by atoms with Gasteiger partial charge in [0.25, 0.3) is 0 Å². The number of methoxy groups -OCH3 is 1. The number of rotatable bonds is 7. The molecule has 0 aliphatic carbocycles. The van der Waals surface area contributed by atoms with Crippen molar-refractivity contribution in [2.75, 3.05) is 7.11 Å². The van der Waals surface area contributed by atoms with Crippen LogP contribution in [0.15, 0.2) is 66.1 Å². The third-order valence-corrected chi connectivity index (χ3v) is 4.68. The monoisotopic (exact) mass is 364 g/mol.